The van der Waals surface area contributed by atoms with E-state index in [0.717, 1.165) is 19.3 Å². The molecule has 9 nitrogen and oxygen atoms in total. The standard InChI is InChI=1S/C31H39ClN2O7/c1-20(35)40-19-31(2,3)18-34-24-13-12-21(32)16-23(24)28(22-10-9-11-25(38-4)29(22)39-5)41-26(30(34)37)17-27(36)33-14-7-6-8-15-33/h9-13,16,26,28H,6-8,14-15,17-19H2,1-5H3/t26-,28-/m1/s1. The van der Waals surface area contributed by atoms with Crippen molar-refractivity contribution in [1.82, 2.24) is 4.90 Å². The first-order chi connectivity index (χ1) is 19.5. The minimum Gasteiger partial charge on any atom is -0.493 e. The largest absolute Gasteiger partial charge is 0.493 e. The molecule has 2 amide bonds. The number of esters is 1. The number of ether oxygens (including phenoxy) is 4. The summed E-state index contributed by atoms with van der Waals surface area (Å²) in [6, 6.07) is 10.7. The number of carbonyl (C=O) groups is 3. The lowest BCUT2D eigenvalue weighted by Crippen LogP contribution is -2.47. The van der Waals surface area contributed by atoms with Crippen molar-refractivity contribution in [2.45, 2.75) is 58.7 Å². The zero-order valence-electron chi connectivity index (χ0n) is 24.4. The van der Waals surface area contributed by atoms with Crippen molar-refractivity contribution < 1.29 is 33.3 Å². The lowest BCUT2D eigenvalue weighted by Gasteiger charge is -2.34. The van der Waals surface area contributed by atoms with Gasteiger partial charge in [0.25, 0.3) is 5.91 Å². The molecule has 0 spiro atoms. The van der Waals surface area contributed by atoms with Crippen molar-refractivity contribution in [3.8, 4) is 11.5 Å². The molecule has 10 heteroatoms. The first-order valence-electron chi connectivity index (χ1n) is 13.9. The molecule has 0 saturated carbocycles. The molecule has 1 saturated heterocycles. The van der Waals surface area contributed by atoms with E-state index in [1.54, 1.807) is 43.4 Å². The third kappa shape index (κ3) is 7.13. The van der Waals surface area contributed by atoms with Gasteiger partial charge in [0.05, 0.1) is 27.2 Å². The number of anilines is 1. The monoisotopic (exact) mass is 586 g/mol. The molecule has 0 aromatic heterocycles. The van der Waals surface area contributed by atoms with Crippen LogP contribution in [0.5, 0.6) is 11.5 Å². The number of piperidine rings is 1. The Bertz CT molecular complexity index is 1280. The lowest BCUT2D eigenvalue weighted by atomic mass is 9.92. The number of carbonyl (C=O) groups excluding carboxylic acids is 3. The number of nitrogens with zero attached hydrogens (tertiary/aromatic N) is 2. The van der Waals surface area contributed by atoms with Gasteiger partial charge in [0, 0.05) is 53.8 Å². The molecule has 4 rings (SSSR count). The Hall–Kier alpha value is -3.30. The van der Waals surface area contributed by atoms with Crippen molar-refractivity contribution in [3.63, 3.8) is 0 Å². The molecule has 0 unspecified atom stereocenters. The zero-order chi connectivity index (χ0) is 29.7. The summed E-state index contributed by atoms with van der Waals surface area (Å²) in [5.74, 6) is 0.101. The number of hydrogen-bond acceptors (Lipinski definition) is 7. The van der Waals surface area contributed by atoms with E-state index in [-0.39, 0.29) is 31.4 Å². The Balaban J connectivity index is 1.82. The summed E-state index contributed by atoms with van der Waals surface area (Å²) in [6.07, 6.45) is 0.982. The number of likely N-dealkylation sites (tertiary alicyclic amines) is 1. The van der Waals surface area contributed by atoms with Crippen LogP contribution in [0.1, 0.15) is 63.7 Å². The maximum Gasteiger partial charge on any atom is 0.302 e. The molecule has 222 valence electrons. The van der Waals surface area contributed by atoms with Gasteiger partial charge in [0.1, 0.15) is 12.2 Å². The van der Waals surface area contributed by atoms with Crippen molar-refractivity contribution >= 4 is 35.1 Å². The molecule has 2 aromatic carbocycles. The zero-order valence-corrected chi connectivity index (χ0v) is 25.2. The van der Waals surface area contributed by atoms with E-state index in [2.05, 4.69) is 0 Å². The van der Waals surface area contributed by atoms with Crippen LogP contribution in [0.4, 0.5) is 5.69 Å². The van der Waals surface area contributed by atoms with Crippen molar-refractivity contribution in [2.75, 3.05) is 45.4 Å². The molecule has 0 aliphatic carbocycles. The molecule has 2 aliphatic rings. The van der Waals surface area contributed by atoms with Gasteiger partial charge in [-0.15, -0.1) is 0 Å². The maximum absolute atomic E-state index is 14.3. The Morgan fingerprint density at radius 1 is 1.05 bits per heavy atom. The molecule has 2 aromatic rings. The highest BCUT2D eigenvalue weighted by atomic mass is 35.5. The summed E-state index contributed by atoms with van der Waals surface area (Å²) in [7, 11) is 3.10. The van der Waals surface area contributed by atoms with Gasteiger partial charge in [0.15, 0.2) is 11.5 Å². The average Bonchev–Trinajstić information content (AvgIpc) is 3.06. The highest BCUT2D eigenvalue weighted by Gasteiger charge is 2.41. The van der Waals surface area contributed by atoms with Gasteiger partial charge in [0.2, 0.25) is 5.91 Å². The van der Waals surface area contributed by atoms with Crippen LogP contribution in [-0.2, 0) is 23.9 Å². The van der Waals surface area contributed by atoms with Crippen molar-refractivity contribution in [1.29, 1.82) is 0 Å². The second-order valence-corrected chi connectivity index (χ2v) is 11.7. The van der Waals surface area contributed by atoms with Crippen LogP contribution >= 0.6 is 11.6 Å². The normalized spacial score (nSPS) is 19.3. The molecule has 2 aliphatic heterocycles. The maximum atomic E-state index is 14.3. The number of benzene rings is 2. The number of amides is 2. The van der Waals surface area contributed by atoms with Crippen LogP contribution in [0, 0.1) is 5.41 Å². The fourth-order valence-corrected chi connectivity index (χ4v) is 5.61. The van der Waals surface area contributed by atoms with E-state index < -0.39 is 23.6 Å². The van der Waals surface area contributed by atoms with Crippen LogP contribution in [0.25, 0.3) is 0 Å². The van der Waals surface area contributed by atoms with E-state index >= 15 is 0 Å². The molecule has 41 heavy (non-hydrogen) atoms. The SMILES string of the molecule is COc1cccc([C@H]2O[C@H](CC(=O)N3CCCCC3)C(=O)N(CC(C)(C)COC(C)=O)c3ccc(Cl)cc32)c1OC. The summed E-state index contributed by atoms with van der Waals surface area (Å²) in [4.78, 5) is 42.8. The van der Waals surface area contributed by atoms with E-state index in [1.807, 2.05) is 30.9 Å². The fourth-order valence-electron chi connectivity index (χ4n) is 5.43. The lowest BCUT2D eigenvalue weighted by molar-refractivity contribution is -0.145. The second-order valence-electron chi connectivity index (χ2n) is 11.3. The number of para-hydroxylation sites is 1. The quantitative estimate of drug-likeness (QED) is 0.374. The van der Waals surface area contributed by atoms with Crippen molar-refractivity contribution in [2.24, 2.45) is 5.41 Å². The second kappa shape index (κ2) is 13.1. The van der Waals surface area contributed by atoms with E-state index in [1.165, 1.54) is 6.92 Å². The van der Waals surface area contributed by atoms with E-state index in [0.29, 0.717) is 46.4 Å². The third-order valence-electron chi connectivity index (χ3n) is 7.44. The van der Waals surface area contributed by atoms with Gasteiger partial charge in [-0.25, -0.2) is 0 Å². The van der Waals surface area contributed by atoms with E-state index in [9.17, 15) is 14.4 Å². The van der Waals surface area contributed by atoms with Gasteiger partial charge >= 0.3 is 5.97 Å². The topological polar surface area (TPSA) is 94.6 Å². The van der Waals surface area contributed by atoms with E-state index in [4.69, 9.17) is 30.5 Å². The smallest absolute Gasteiger partial charge is 0.302 e. The summed E-state index contributed by atoms with van der Waals surface area (Å²) >= 11 is 6.51. The first-order valence-corrected chi connectivity index (χ1v) is 14.3. The number of halogens is 1. The predicted octanol–water partition coefficient (Wildman–Crippen LogP) is 5.17. The summed E-state index contributed by atoms with van der Waals surface area (Å²) < 4.78 is 23.2. The molecule has 0 bridgehead atoms. The minimum absolute atomic E-state index is 0.107. The molecule has 0 N–H and O–H groups in total. The molecule has 2 atom stereocenters. The number of hydrogen-bond donors (Lipinski definition) is 0. The summed E-state index contributed by atoms with van der Waals surface area (Å²) in [5, 5.41) is 0.466. The minimum atomic E-state index is -1.08. The summed E-state index contributed by atoms with van der Waals surface area (Å²) in [5.41, 5.74) is 1.28. The van der Waals surface area contributed by atoms with Crippen LogP contribution in [0.15, 0.2) is 36.4 Å². The average molecular weight is 587 g/mol. The number of methoxy groups -OCH3 is 2. The van der Waals surface area contributed by atoms with Gasteiger partial charge < -0.3 is 28.7 Å². The van der Waals surface area contributed by atoms with Crippen LogP contribution in [0.2, 0.25) is 5.02 Å². The highest BCUT2D eigenvalue weighted by Crippen LogP contribution is 2.45. The van der Waals surface area contributed by atoms with Gasteiger partial charge in [-0.1, -0.05) is 37.6 Å². The molecule has 2 heterocycles. The van der Waals surface area contributed by atoms with Crippen LogP contribution in [0.3, 0.4) is 0 Å². The number of rotatable bonds is 9. The Morgan fingerprint density at radius 3 is 2.44 bits per heavy atom. The number of fused-ring (bicyclic) bond motifs is 1. The van der Waals surface area contributed by atoms with Crippen molar-refractivity contribution in [3.05, 3.63) is 52.5 Å². The molecule has 1 fully saturated rings. The molecular weight excluding hydrogens is 548 g/mol. The van der Waals surface area contributed by atoms with Gasteiger partial charge in [-0.2, -0.15) is 0 Å². The predicted molar refractivity (Wildman–Crippen MR) is 156 cm³/mol. The fraction of sp³-hybridized carbons (Fsp3) is 0.516. The molecular formula is C31H39ClN2O7. The first kappa shape index (κ1) is 30.7. The van der Waals surface area contributed by atoms with Gasteiger partial charge in [-0.05, 0) is 43.5 Å². The van der Waals surface area contributed by atoms with Crippen LogP contribution in [-0.4, -0.2) is 69.2 Å². The van der Waals surface area contributed by atoms with Crippen LogP contribution < -0.4 is 14.4 Å². The Labute approximate surface area is 246 Å². The Morgan fingerprint density at radius 2 is 1.78 bits per heavy atom. The third-order valence-corrected chi connectivity index (χ3v) is 7.68. The summed E-state index contributed by atoms with van der Waals surface area (Å²) in [6.45, 7) is 6.85. The molecule has 0 radical (unpaired) electrons. The van der Waals surface area contributed by atoms with Gasteiger partial charge in [-0.3, -0.25) is 14.4 Å². The highest BCUT2D eigenvalue weighted by molar-refractivity contribution is 6.30. The Kier molecular flexibility index (Phi) is 9.81.